The van der Waals surface area contributed by atoms with Crippen LogP contribution in [0.2, 0.25) is 0 Å². The van der Waals surface area contributed by atoms with Crippen LogP contribution in [0.15, 0.2) is 48.7 Å². The summed E-state index contributed by atoms with van der Waals surface area (Å²) in [6.45, 7) is 0.826. The first-order valence-electron chi connectivity index (χ1n) is 9.04. The van der Waals surface area contributed by atoms with Crippen LogP contribution in [0.3, 0.4) is 0 Å². The molecule has 1 aromatic heterocycles. The van der Waals surface area contributed by atoms with Gasteiger partial charge in [-0.3, -0.25) is 4.79 Å². The summed E-state index contributed by atoms with van der Waals surface area (Å²) in [6, 6.07) is 14.3. The number of nitrogens with zero attached hydrogens (tertiary/aromatic N) is 2. The van der Waals surface area contributed by atoms with E-state index in [1.165, 1.54) is 16.5 Å². The number of carbonyl (C=O) groups is 1. The fourth-order valence-electron chi connectivity index (χ4n) is 3.86. The van der Waals surface area contributed by atoms with Gasteiger partial charge in [-0.1, -0.05) is 24.3 Å². The summed E-state index contributed by atoms with van der Waals surface area (Å²) in [7, 11) is 2.06. The summed E-state index contributed by atoms with van der Waals surface area (Å²) in [5.74, 6) is 2.57. The Morgan fingerprint density at radius 1 is 1.15 bits per heavy atom. The van der Waals surface area contributed by atoms with Gasteiger partial charge < -0.3 is 18.9 Å². The maximum Gasteiger partial charge on any atom is 0.231 e. The van der Waals surface area contributed by atoms with E-state index >= 15 is 0 Å². The van der Waals surface area contributed by atoms with Crippen molar-refractivity contribution in [1.29, 1.82) is 0 Å². The Bertz CT molecular complexity index is 1030. The number of ether oxygens (including phenoxy) is 2. The second-order valence-electron chi connectivity index (χ2n) is 6.89. The Labute approximate surface area is 161 Å². The number of aromatic nitrogens is 1. The Hall–Kier alpha value is -2.60. The van der Waals surface area contributed by atoms with Gasteiger partial charge in [0.2, 0.25) is 12.7 Å². The summed E-state index contributed by atoms with van der Waals surface area (Å²) >= 11 is 1.84. The Morgan fingerprint density at radius 3 is 2.93 bits per heavy atom. The molecular formula is C21H20N2O3S. The van der Waals surface area contributed by atoms with Crippen LogP contribution in [0, 0.1) is 0 Å². The van der Waals surface area contributed by atoms with Gasteiger partial charge in [0, 0.05) is 48.4 Å². The van der Waals surface area contributed by atoms with Gasteiger partial charge in [0.1, 0.15) is 5.37 Å². The number of hydrogen-bond acceptors (Lipinski definition) is 4. The van der Waals surface area contributed by atoms with E-state index in [1.807, 2.05) is 34.9 Å². The molecule has 0 radical (unpaired) electrons. The summed E-state index contributed by atoms with van der Waals surface area (Å²) in [5.41, 5.74) is 3.45. The highest BCUT2D eigenvalue weighted by Crippen LogP contribution is 2.42. The van der Waals surface area contributed by atoms with E-state index in [0.717, 1.165) is 22.8 Å². The van der Waals surface area contributed by atoms with E-state index in [2.05, 4.69) is 42.1 Å². The normalized spacial score (nSPS) is 19.1. The van der Waals surface area contributed by atoms with Gasteiger partial charge in [-0.15, -0.1) is 11.8 Å². The molecule has 0 aliphatic carbocycles. The maximum atomic E-state index is 12.8. The maximum absolute atomic E-state index is 12.8. The molecule has 1 amide bonds. The topological polar surface area (TPSA) is 43.7 Å². The predicted molar refractivity (Wildman–Crippen MR) is 106 cm³/mol. The number of aryl methyl sites for hydroxylation is 1. The van der Waals surface area contributed by atoms with Crippen LogP contribution in [0.25, 0.3) is 10.9 Å². The van der Waals surface area contributed by atoms with Gasteiger partial charge in [-0.05, 0) is 23.8 Å². The first-order valence-corrected chi connectivity index (χ1v) is 10.1. The van der Waals surface area contributed by atoms with Crippen molar-refractivity contribution in [2.75, 3.05) is 12.5 Å². The van der Waals surface area contributed by atoms with Gasteiger partial charge in [-0.25, -0.2) is 0 Å². The second-order valence-corrected chi connectivity index (χ2v) is 8.08. The molecule has 1 fully saturated rings. The van der Waals surface area contributed by atoms with Crippen LogP contribution in [0.5, 0.6) is 11.5 Å². The highest BCUT2D eigenvalue weighted by Gasteiger charge is 2.32. The van der Waals surface area contributed by atoms with Crippen LogP contribution >= 0.6 is 11.8 Å². The second kappa shape index (κ2) is 6.53. The Morgan fingerprint density at radius 2 is 2.00 bits per heavy atom. The SMILES string of the molecule is Cn1cc(C2SCCC(=O)N2Cc2ccc3c(c2)OCO3)c2ccccc21. The molecule has 1 saturated heterocycles. The zero-order valence-electron chi connectivity index (χ0n) is 15.1. The first-order chi connectivity index (χ1) is 13.2. The van der Waals surface area contributed by atoms with E-state index in [1.54, 1.807) is 0 Å². The first kappa shape index (κ1) is 16.6. The number of amides is 1. The molecule has 5 rings (SSSR count). The van der Waals surface area contributed by atoms with Crippen LogP contribution in [0.4, 0.5) is 0 Å². The molecule has 1 atom stereocenters. The molecule has 3 aromatic rings. The third-order valence-corrected chi connectivity index (χ3v) is 6.44. The minimum atomic E-state index is 0.0165. The van der Waals surface area contributed by atoms with Crippen LogP contribution < -0.4 is 9.47 Å². The van der Waals surface area contributed by atoms with Crippen molar-refractivity contribution in [2.45, 2.75) is 18.3 Å². The summed E-state index contributed by atoms with van der Waals surface area (Å²) in [5, 5.41) is 1.23. The molecule has 3 heterocycles. The number of thioether (sulfide) groups is 1. The van der Waals surface area contributed by atoms with Crippen molar-refractivity contribution in [3.05, 3.63) is 59.8 Å². The molecule has 138 valence electrons. The lowest BCUT2D eigenvalue weighted by molar-refractivity contribution is -0.132. The fraction of sp³-hybridized carbons (Fsp3) is 0.286. The predicted octanol–water partition coefficient (Wildman–Crippen LogP) is 4.07. The largest absolute Gasteiger partial charge is 0.454 e. The average molecular weight is 380 g/mol. The summed E-state index contributed by atoms with van der Waals surface area (Å²) in [6.07, 6.45) is 2.74. The van der Waals surface area contributed by atoms with Crippen LogP contribution in [0.1, 0.15) is 22.9 Å². The van der Waals surface area contributed by atoms with E-state index in [4.69, 9.17) is 9.47 Å². The van der Waals surface area contributed by atoms with Crippen molar-refractivity contribution in [2.24, 2.45) is 7.05 Å². The molecule has 2 aliphatic rings. The van der Waals surface area contributed by atoms with E-state index in [0.29, 0.717) is 13.0 Å². The van der Waals surface area contributed by atoms with Gasteiger partial charge >= 0.3 is 0 Å². The van der Waals surface area contributed by atoms with Gasteiger partial charge in [0.05, 0.1) is 0 Å². The molecule has 1 unspecified atom stereocenters. The van der Waals surface area contributed by atoms with Crippen molar-refractivity contribution in [1.82, 2.24) is 9.47 Å². The quantitative estimate of drug-likeness (QED) is 0.687. The van der Waals surface area contributed by atoms with Gasteiger partial charge in [0.15, 0.2) is 11.5 Å². The lowest BCUT2D eigenvalue weighted by Crippen LogP contribution is -2.36. The van der Waals surface area contributed by atoms with E-state index in [9.17, 15) is 4.79 Å². The zero-order chi connectivity index (χ0) is 18.4. The van der Waals surface area contributed by atoms with Crippen LogP contribution in [-0.4, -0.2) is 27.9 Å². The number of benzene rings is 2. The lowest BCUT2D eigenvalue weighted by atomic mass is 10.1. The molecule has 6 heteroatoms. The standard InChI is InChI=1S/C21H20N2O3S/c1-22-12-16(15-4-2-3-5-17(15)22)21-23(20(24)8-9-27-21)11-14-6-7-18-19(10-14)26-13-25-18/h2-7,10,12,21H,8-9,11,13H2,1H3. The third kappa shape index (κ3) is 2.84. The van der Waals surface area contributed by atoms with Crippen molar-refractivity contribution < 1.29 is 14.3 Å². The number of hydrogen-bond donors (Lipinski definition) is 0. The molecule has 0 bridgehead atoms. The number of rotatable bonds is 3. The molecule has 0 spiro atoms. The molecule has 0 N–H and O–H groups in total. The molecular weight excluding hydrogens is 360 g/mol. The number of para-hydroxylation sites is 1. The number of fused-ring (bicyclic) bond motifs is 2. The van der Waals surface area contributed by atoms with Crippen LogP contribution in [-0.2, 0) is 18.4 Å². The molecule has 27 heavy (non-hydrogen) atoms. The molecule has 0 saturated carbocycles. The molecule has 2 aliphatic heterocycles. The lowest BCUT2D eigenvalue weighted by Gasteiger charge is -2.35. The van der Waals surface area contributed by atoms with Gasteiger partial charge in [-0.2, -0.15) is 0 Å². The van der Waals surface area contributed by atoms with Crippen molar-refractivity contribution in [3.63, 3.8) is 0 Å². The minimum Gasteiger partial charge on any atom is -0.454 e. The highest BCUT2D eigenvalue weighted by atomic mass is 32.2. The Balaban J connectivity index is 1.51. The summed E-state index contributed by atoms with van der Waals surface area (Å²) < 4.78 is 13.0. The zero-order valence-corrected chi connectivity index (χ0v) is 15.9. The molecule has 5 nitrogen and oxygen atoms in total. The van der Waals surface area contributed by atoms with Gasteiger partial charge in [0.25, 0.3) is 0 Å². The molecule has 2 aromatic carbocycles. The smallest absolute Gasteiger partial charge is 0.231 e. The van der Waals surface area contributed by atoms with Crippen molar-refractivity contribution >= 4 is 28.6 Å². The van der Waals surface area contributed by atoms with Crippen molar-refractivity contribution in [3.8, 4) is 11.5 Å². The summed E-state index contributed by atoms with van der Waals surface area (Å²) in [4.78, 5) is 14.8. The highest BCUT2D eigenvalue weighted by molar-refractivity contribution is 7.99. The van der Waals surface area contributed by atoms with E-state index in [-0.39, 0.29) is 18.1 Å². The monoisotopic (exact) mass is 380 g/mol. The fourth-order valence-corrected chi connectivity index (χ4v) is 5.11. The minimum absolute atomic E-state index is 0.0165. The average Bonchev–Trinajstić information content (AvgIpc) is 3.28. The van der Waals surface area contributed by atoms with E-state index < -0.39 is 0 Å². The Kier molecular flexibility index (Phi) is 4.01. The number of carbonyl (C=O) groups excluding carboxylic acids is 1. The third-order valence-electron chi connectivity index (χ3n) is 5.18.